The third kappa shape index (κ3) is 2.53. The van der Waals surface area contributed by atoms with Crippen molar-refractivity contribution in [2.75, 3.05) is 0 Å². The number of halogens is 3. The van der Waals surface area contributed by atoms with E-state index in [1.165, 1.54) is 28.8 Å². The fraction of sp³-hybridized carbons (Fsp3) is 0.0588. The van der Waals surface area contributed by atoms with Gasteiger partial charge < -0.3 is 5.11 Å². The maximum absolute atomic E-state index is 12.8. The molecule has 0 fully saturated rings. The second kappa shape index (κ2) is 5.51. The zero-order chi connectivity index (χ0) is 18.5. The summed E-state index contributed by atoms with van der Waals surface area (Å²) >= 11 is 0. The number of aromatic carboxylic acids is 1. The lowest BCUT2D eigenvalue weighted by atomic mass is 9.99. The fourth-order valence-corrected chi connectivity index (χ4v) is 2.81. The molecule has 26 heavy (non-hydrogen) atoms. The van der Waals surface area contributed by atoms with Crippen molar-refractivity contribution >= 4 is 22.5 Å². The lowest BCUT2D eigenvalue weighted by Crippen LogP contribution is -2.04. The lowest BCUT2D eigenvalue weighted by Gasteiger charge is -2.11. The van der Waals surface area contributed by atoms with E-state index in [2.05, 4.69) is 15.5 Å². The van der Waals surface area contributed by atoms with Gasteiger partial charge in [-0.3, -0.25) is 0 Å². The van der Waals surface area contributed by atoms with Crippen LogP contribution in [0, 0.1) is 0 Å². The van der Waals surface area contributed by atoms with E-state index in [1.807, 2.05) is 0 Å². The predicted octanol–water partition coefficient (Wildman–Crippen LogP) is 3.66. The van der Waals surface area contributed by atoms with Crippen molar-refractivity contribution in [1.82, 2.24) is 20.0 Å². The van der Waals surface area contributed by atoms with Gasteiger partial charge in [0.25, 0.3) is 0 Å². The van der Waals surface area contributed by atoms with Crippen LogP contribution in [0.5, 0.6) is 0 Å². The SMILES string of the molecule is O=C(O)c1ccc2c(-c3ccc(C(F)(F)F)cc3)cc3nnnn3c2c1. The highest BCUT2D eigenvalue weighted by Gasteiger charge is 2.30. The van der Waals surface area contributed by atoms with Gasteiger partial charge in [0.05, 0.1) is 16.6 Å². The molecule has 2 aromatic carbocycles. The first-order valence-corrected chi connectivity index (χ1v) is 7.40. The van der Waals surface area contributed by atoms with Gasteiger partial charge in [-0.2, -0.15) is 17.7 Å². The number of pyridine rings is 1. The van der Waals surface area contributed by atoms with Crippen LogP contribution in [0.25, 0.3) is 27.7 Å². The number of nitrogens with zero attached hydrogens (tertiary/aromatic N) is 4. The number of alkyl halides is 3. The smallest absolute Gasteiger partial charge is 0.416 e. The van der Waals surface area contributed by atoms with Gasteiger partial charge in [-0.15, -0.1) is 5.10 Å². The Morgan fingerprint density at radius 3 is 2.42 bits per heavy atom. The van der Waals surface area contributed by atoms with Crippen LogP contribution < -0.4 is 0 Å². The van der Waals surface area contributed by atoms with Crippen LogP contribution in [0.15, 0.2) is 48.5 Å². The fourth-order valence-electron chi connectivity index (χ4n) is 2.81. The summed E-state index contributed by atoms with van der Waals surface area (Å²) in [7, 11) is 0. The minimum atomic E-state index is -4.42. The van der Waals surface area contributed by atoms with Crippen molar-refractivity contribution in [3.8, 4) is 11.1 Å². The van der Waals surface area contributed by atoms with Gasteiger partial charge >= 0.3 is 12.1 Å². The topological polar surface area (TPSA) is 80.4 Å². The Kier molecular flexibility index (Phi) is 3.39. The molecule has 2 heterocycles. The van der Waals surface area contributed by atoms with Crippen LogP contribution in [0.3, 0.4) is 0 Å². The van der Waals surface area contributed by atoms with E-state index in [1.54, 1.807) is 12.1 Å². The molecule has 0 saturated carbocycles. The van der Waals surface area contributed by atoms with Gasteiger partial charge in [0.2, 0.25) is 0 Å². The van der Waals surface area contributed by atoms with Crippen molar-refractivity contribution in [1.29, 1.82) is 0 Å². The zero-order valence-electron chi connectivity index (χ0n) is 12.9. The standard InChI is InChI=1S/C17H9F3N4O2/c18-17(19,20)11-4-1-9(2-5-11)13-8-15-21-22-23-24(15)14-7-10(16(25)26)3-6-12(13)14/h1-8H,(H,25,26). The van der Waals surface area contributed by atoms with E-state index in [4.69, 9.17) is 0 Å². The molecule has 0 unspecified atom stereocenters. The second-order valence-electron chi connectivity index (χ2n) is 5.62. The van der Waals surface area contributed by atoms with Crippen LogP contribution in [-0.2, 0) is 6.18 Å². The van der Waals surface area contributed by atoms with Gasteiger partial charge in [0, 0.05) is 5.39 Å². The highest BCUT2D eigenvalue weighted by atomic mass is 19.4. The van der Waals surface area contributed by atoms with E-state index < -0.39 is 17.7 Å². The van der Waals surface area contributed by atoms with Crippen LogP contribution in [0.1, 0.15) is 15.9 Å². The Bertz CT molecular complexity index is 1150. The number of hydrogen-bond donors (Lipinski definition) is 1. The summed E-state index contributed by atoms with van der Waals surface area (Å²) in [5.74, 6) is -1.10. The molecule has 0 bridgehead atoms. The van der Waals surface area contributed by atoms with Gasteiger partial charge in [0.15, 0.2) is 5.65 Å². The first-order chi connectivity index (χ1) is 12.3. The van der Waals surface area contributed by atoms with Gasteiger partial charge in [-0.05, 0) is 51.9 Å². The molecule has 2 aromatic heterocycles. The van der Waals surface area contributed by atoms with Crippen LogP contribution in [-0.4, -0.2) is 31.1 Å². The molecule has 9 heteroatoms. The first kappa shape index (κ1) is 16.0. The Labute approximate surface area is 143 Å². The number of rotatable bonds is 2. The molecule has 0 aliphatic heterocycles. The van der Waals surface area contributed by atoms with Crippen molar-refractivity contribution < 1.29 is 23.1 Å². The average Bonchev–Trinajstić information content (AvgIpc) is 3.08. The Morgan fingerprint density at radius 1 is 1.04 bits per heavy atom. The number of carboxylic acid groups (broad SMARTS) is 1. The zero-order valence-corrected chi connectivity index (χ0v) is 12.9. The van der Waals surface area contributed by atoms with Crippen molar-refractivity contribution in [3.05, 3.63) is 59.7 Å². The van der Waals surface area contributed by atoms with Gasteiger partial charge in [-0.1, -0.05) is 18.2 Å². The number of benzene rings is 2. The van der Waals surface area contributed by atoms with Gasteiger partial charge in [0.1, 0.15) is 0 Å². The van der Waals surface area contributed by atoms with Crippen molar-refractivity contribution in [2.24, 2.45) is 0 Å². The second-order valence-corrected chi connectivity index (χ2v) is 5.62. The average molecular weight is 358 g/mol. The van der Waals surface area contributed by atoms with Crippen LogP contribution >= 0.6 is 0 Å². The quantitative estimate of drug-likeness (QED) is 0.591. The molecule has 6 nitrogen and oxygen atoms in total. The molecule has 0 radical (unpaired) electrons. The molecule has 0 saturated heterocycles. The summed E-state index contributed by atoms with van der Waals surface area (Å²) in [5.41, 5.74) is 1.25. The summed E-state index contributed by atoms with van der Waals surface area (Å²) in [5, 5.41) is 21.1. The minimum Gasteiger partial charge on any atom is -0.478 e. The third-order valence-corrected chi connectivity index (χ3v) is 4.05. The Hall–Kier alpha value is -3.49. The molecule has 130 valence electrons. The molecule has 0 aliphatic carbocycles. The van der Waals surface area contributed by atoms with Crippen LogP contribution in [0.4, 0.5) is 13.2 Å². The number of hydrogen-bond acceptors (Lipinski definition) is 4. The molecule has 0 atom stereocenters. The molecule has 1 N–H and O–H groups in total. The van der Waals surface area contributed by atoms with E-state index >= 15 is 0 Å². The Morgan fingerprint density at radius 2 is 1.77 bits per heavy atom. The van der Waals surface area contributed by atoms with E-state index in [9.17, 15) is 23.1 Å². The lowest BCUT2D eigenvalue weighted by molar-refractivity contribution is -0.137. The minimum absolute atomic E-state index is 0.0545. The molecule has 0 spiro atoms. The molecule has 0 amide bonds. The highest BCUT2D eigenvalue weighted by Crippen LogP contribution is 2.34. The number of carbonyl (C=O) groups is 1. The molecular weight excluding hydrogens is 349 g/mol. The monoisotopic (exact) mass is 358 g/mol. The highest BCUT2D eigenvalue weighted by molar-refractivity contribution is 6.00. The van der Waals surface area contributed by atoms with E-state index in [-0.39, 0.29) is 5.56 Å². The summed E-state index contributed by atoms with van der Waals surface area (Å²) in [4.78, 5) is 11.2. The first-order valence-electron chi connectivity index (χ1n) is 7.40. The normalized spacial score (nSPS) is 12.0. The number of tetrazole rings is 1. The molecule has 4 rings (SSSR count). The number of aromatic nitrogens is 4. The largest absolute Gasteiger partial charge is 0.478 e. The van der Waals surface area contributed by atoms with Gasteiger partial charge in [-0.25, -0.2) is 4.79 Å². The predicted molar refractivity (Wildman–Crippen MR) is 85.7 cm³/mol. The van der Waals surface area contributed by atoms with Crippen molar-refractivity contribution in [2.45, 2.75) is 6.18 Å². The van der Waals surface area contributed by atoms with Crippen LogP contribution in [0.2, 0.25) is 0 Å². The maximum Gasteiger partial charge on any atom is 0.416 e. The maximum atomic E-state index is 12.8. The van der Waals surface area contributed by atoms with Crippen molar-refractivity contribution in [3.63, 3.8) is 0 Å². The number of fused-ring (bicyclic) bond motifs is 3. The molecule has 4 aromatic rings. The Balaban J connectivity index is 1.98. The molecule has 0 aliphatic rings. The summed E-state index contributed by atoms with van der Waals surface area (Å²) in [6.45, 7) is 0. The number of carboxylic acids is 1. The van der Waals surface area contributed by atoms with E-state index in [0.29, 0.717) is 27.7 Å². The van der Waals surface area contributed by atoms with E-state index in [0.717, 1.165) is 12.1 Å². The molecular formula is C17H9F3N4O2. The summed E-state index contributed by atoms with van der Waals surface area (Å²) in [6, 6.07) is 10.8. The summed E-state index contributed by atoms with van der Waals surface area (Å²) in [6.07, 6.45) is -4.42. The summed E-state index contributed by atoms with van der Waals surface area (Å²) < 4.78 is 39.7. The third-order valence-electron chi connectivity index (χ3n) is 4.05.